The maximum atomic E-state index is 12.7. The Hall–Kier alpha value is -3.08. The summed E-state index contributed by atoms with van der Waals surface area (Å²) >= 11 is 0. The molecule has 0 saturated heterocycles. The van der Waals surface area contributed by atoms with Gasteiger partial charge in [-0.2, -0.15) is 0 Å². The number of furan rings is 1. The van der Waals surface area contributed by atoms with Crippen LogP contribution in [0.4, 0.5) is 0 Å². The molecule has 1 atom stereocenters. The Morgan fingerprint density at radius 3 is 2.46 bits per heavy atom. The summed E-state index contributed by atoms with van der Waals surface area (Å²) in [7, 11) is 1.35. The average Bonchev–Trinajstić information content (AvgIpc) is 3.08. The van der Waals surface area contributed by atoms with Gasteiger partial charge in [-0.25, -0.2) is 0 Å². The molecule has 0 aliphatic carbocycles. The molecule has 0 spiro atoms. The Labute approximate surface area is 164 Å². The van der Waals surface area contributed by atoms with Crippen LogP contribution in [0.1, 0.15) is 40.3 Å². The van der Waals surface area contributed by atoms with Gasteiger partial charge in [0.05, 0.1) is 32.3 Å². The molecule has 5 nitrogen and oxygen atoms in total. The number of fused-ring (bicyclic) bond motifs is 1. The summed E-state index contributed by atoms with van der Waals surface area (Å²) in [6.07, 6.45) is 1.90. The largest absolute Gasteiger partial charge is 0.469 e. The molecule has 0 aliphatic rings. The number of rotatable bonds is 6. The number of esters is 1. The van der Waals surface area contributed by atoms with Gasteiger partial charge in [0.2, 0.25) is 5.91 Å². The maximum Gasteiger partial charge on any atom is 0.307 e. The van der Waals surface area contributed by atoms with Crippen LogP contribution in [0.25, 0.3) is 11.0 Å². The SMILES string of the molecule is COC(=O)CC(NC(=O)Cc1coc2c(C)c(C)ccc12)c1ccc(C)cc1. The number of amides is 1. The fourth-order valence-electron chi connectivity index (χ4n) is 3.24. The standard InChI is InChI=1S/C23H25NO4/c1-14-5-8-17(9-6-14)20(12-22(26)27-4)24-21(25)11-18-13-28-23-16(3)15(2)7-10-19(18)23/h5-10,13,20H,11-12H2,1-4H3,(H,24,25). The molecule has 0 radical (unpaired) electrons. The fraction of sp³-hybridized carbons (Fsp3) is 0.304. The number of nitrogens with one attached hydrogen (secondary N) is 1. The van der Waals surface area contributed by atoms with E-state index < -0.39 is 6.04 Å². The van der Waals surface area contributed by atoms with Crippen LogP contribution in [0.3, 0.4) is 0 Å². The fourth-order valence-corrected chi connectivity index (χ4v) is 3.24. The van der Waals surface area contributed by atoms with Gasteiger partial charge in [-0.1, -0.05) is 42.0 Å². The van der Waals surface area contributed by atoms with E-state index in [0.717, 1.165) is 38.8 Å². The van der Waals surface area contributed by atoms with E-state index in [4.69, 9.17) is 9.15 Å². The zero-order valence-electron chi connectivity index (χ0n) is 16.7. The quantitative estimate of drug-likeness (QED) is 0.648. The number of benzene rings is 2. The first-order chi connectivity index (χ1) is 13.4. The van der Waals surface area contributed by atoms with Crippen molar-refractivity contribution in [3.63, 3.8) is 0 Å². The second-order valence-electron chi connectivity index (χ2n) is 7.13. The lowest BCUT2D eigenvalue weighted by molar-refractivity contribution is -0.141. The predicted molar refractivity (Wildman–Crippen MR) is 108 cm³/mol. The molecule has 0 bridgehead atoms. The van der Waals surface area contributed by atoms with Crippen LogP contribution in [0.2, 0.25) is 0 Å². The van der Waals surface area contributed by atoms with Crippen LogP contribution >= 0.6 is 0 Å². The molecule has 1 unspecified atom stereocenters. The topological polar surface area (TPSA) is 68.5 Å². The van der Waals surface area contributed by atoms with Crippen molar-refractivity contribution in [3.8, 4) is 0 Å². The van der Waals surface area contributed by atoms with E-state index in [0.29, 0.717) is 0 Å². The Morgan fingerprint density at radius 2 is 1.79 bits per heavy atom. The second-order valence-corrected chi connectivity index (χ2v) is 7.13. The molecular formula is C23H25NO4. The predicted octanol–water partition coefficient (Wildman–Crippen LogP) is 4.32. The molecule has 2 aromatic carbocycles. The van der Waals surface area contributed by atoms with Gasteiger partial charge in [0.25, 0.3) is 0 Å². The number of carbonyl (C=O) groups is 2. The highest BCUT2D eigenvalue weighted by molar-refractivity contribution is 5.90. The molecule has 3 rings (SSSR count). The van der Waals surface area contributed by atoms with Gasteiger partial charge in [0.1, 0.15) is 5.58 Å². The molecule has 0 fully saturated rings. The number of hydrogen-bond donors (Lipinski definition) is 1. The minimum Gasteiger partial charge on any atom is -0.469 e. The summed E-state index contributed by atoms with van der Waals surface area (Å²) in [4.78, 5) is 24.5. The van der Waals surface area contributed by atoms with Crippen LogP contribution in [0.5, 0.6) is 0 Å². The first-order valence-electron chi connectivity index (χ1n) is 9.28. The van der Waals surface area contributed by atoms with Crippen molar-refractivity contribution in [2.45, 2.75) is 39.7 Å². The molecule has 5 heteroatoms. The van der Waals surface area contributed by atoms with Gasteiger partial charge in [0, 0.05) is 10.9 Å². The van der Waals surface area contributed by atoms with Crippen LogP contribution in [-0.4, -0.2) is 19.0 Å². The molecule has 1 heterocycles. The minimum absolute atomic E-state index is 0.0791. The van der Waals surface area contributed by atoms with E-state index in [1.807, 2.05) is 57.2 Å². The van der Waals surface area contributed by atoms with E-state index in [-0.39, 0.29) is 24.7 Å². The van der Waals surface area contributed by atoms with Gasteiger partial charge < -0.3 is 14.5 Å². The van der Waals surface area contributed by atoms with Crippen LogP contribution < -0.4 is 5.32 Å². The second kappa shape index (κ2) is 8.30. The molecule has 28 heavy (non-hydrogen) atoms. The van der Waals surface area contributed by atoms with E-state index in [2.05, 4.69) is 5.32 Å². The van der Waals surface area contributed by atoms with E-state index in [9.17, 15) is 9.59 Å². The average molecular weight is 379 g/mol. The summed E-state index contributed by atoms with van der Waals surface area (Å²) in [5.41, 5.74) is 5.85. The van der Waals surface area contributed by atoms with Crippen molar-refractivity contribution >= 4 is 22.8 Å². The Morgan fingerprint density at radius 1 is 1.07 bits per heavy atom. The third-order valence-corrected chi connectivity index (χ3v) is 5.11. The zero-order chi connectivity index (χ0) is 20.3. The molecule has 146 valence electrons. The third-order valence-electron chi connectivity index (χ3n) is 5.11. The molecule has 0 aliphatic heterocycles. The number of carbonyl (C=O) groups excluding carboxylic acids is 2. The summed E-state index contributed by atoms with van der Waals surface area (Å²) < 4.78 is 10.5. The summed E-state index contributed by atoms with van der Waals surface area (Å²) in [5, 5.41) is 3.91. The van der Waals surface area contributed by atoms with Crippen molar-refractivity contribution in [3.05, 3.63) is 70.5 Å². The lowest BCUT2D eigenvalue weighted by Gasteiger charge is -2.18. The first-order valence-corrected chi connectivity index (χ1v) is 9.28. The van der Waals surface area contributed by atoms with E-state index in [1.165, 1.54) is 7.11 Å². The van der Waals surface area contributed by atoms with Gasteiger partial charge >= 0.3 is 5.97 Å². The number of hydrogen-bond acceptors (Lipinski definition) is 4. The summed E-state index contributed by atoms with van der Waals surface area (Å²) in [5.74, 6) is -0.541. The third kappa shape index (κ3) is 4.25. The Bertz CT molecular complexity index is 1000. The van der Waals surface area contributed by atoms with Crippen molar-refractivity contribution < 1.29 is 18.7 Å². The number of ether oxygens (including phenoxy) is 1. The lowest BCUT2D eigenvalue weighted by atomic mass is 10.0. The number of aryl methyl sites for hydroxylation is 3. The van der Waals surface area contributed by atoms with E-state index >= 15 is 0 Å². The van der Waals surface area contributed by atoms with Crippen molar-refractivity contribution in [2.75, 3.05) is 7.11 Å². The number of methoxy groups -OCH3 is 1. The normalized spacial score (nSPS) is 12.0. The van der Waals surface area contributed by atoms with Crippen molar-refractivity contribution in [1.82, 2.24) is 5.32 Å². The van der Waals surface area contributed by atoms with Crippen molar-refractivity contribution in [2.24, 2.45) is 0 Å². The summed E-state index contributed by atoms with van der Waals surface area (Å²) in [6.45, 7) is 6.03. The van der Waals surface area contributed by atoms with Crippen LogP contribution in [0.15, 0.2) is 47.1 Å². The smallest absolute Gasteiger partial charge is 0.307 e. The zero-order valence-corrected chi connectivity index (χ0v) is 16.7. The lowest BCUT2D eigenvalue weighted by Crippen LogP contribution is -2.31. The monoisotopic (exact) mass is 379 g/mol. The molecule has 0 saturated carbocycles. The molecular weight excluding hydrogens is 354 g/mol. The van der Waals surface area contributed by atoms with E-state index in [1.54, 1.807) is 6.26 Å². The highest BCUT2D eigenvalue weighted by atomic mass is 16.5. The maximum absolute atomic E-state index is 12.7. The van der Waals surface area contributed by atoms with Crippen molar-refractivity contribution in [1.29, 1.82) is 0 Å². The van der Waals surface area contributed by atoms with Crippen LogP contribution in [0, 0.1) is 20.8 Å². The Kier molecular flexibility index (Phi) is 5.83. The highest BCUT2D eigenvalue weighted by Crippen LogP contribution is 2.27. The van der Waals surface area contributed by atoms with Gasteiger partial charge in [-0.05, 0) is 37.5 Å². The molecule has 3 aromatic rings. The first kappa shape index (κ1) is 19.7. The summed E-state index contributed by atoms with van der Waals surface area (Å²) in [6, 6.07) is 11.3. The highest BCUT2D eigenvalue weighted by Gasteiger charge is 2.20. The molecule has 1 amide bonds. The molecule has 1 N–H and O–H groups in total. The van der Waals surface area contributed by atoms with Crippen LogP contribution in [-0.2, 0) is 20.7 Å². The Balaban J connectivity index is 1.79. The van der Waals surface area contributed by atoms with Gasteiger partial charge in [0.15, 0.2) is 0 Å². The minimum atomic E-state index is -0.442. The van der Waals surface area contributed by atoms with Gasteiger partial charge in [-0.15, -0.1) is 0 Å². The van der Waals surface area contributed by atoms with Gasteiger partial charge in [-0.3, -0.25) is 9.59 Å². The molecule has 1 aromatic heterocycles.